The first-order valence-corrected chi connectivity index (χ1v) is 12.7. The van der Waals surface area contributed by atoms with Gasteiger partial charge in [0.05, 0.1) is 0 Å². The second-order valence-corrected chi connectivity index (χ2v) is 9.68. The molecule has 2 heterocycles. The maximum Gasteiger partial charge on any atom is 0.219 e. The number of benzene rings is 2. The normalized spacial score (nSPS) is 14.1. The van der Waals surface area contributed by atoms with Gasteiger partial charge in [0.25, 0.3) is 0 Å². The fourth-order valence-electron chi connectivity index (χ4n) is 4.25. The molecule has 0 aliphatic carbocycles. The van der Waals surface area contributed by atoms with E-state index in [4.69, 9.17) is 16.3 Å². The highest BCUT2D eigenvalue weighted by Gasteiger charge is 2.20. The molecule has 1 amide bonds. The maximum absolute atomic E-state index is 11.4. The summed E-state index contributed by atoms with van der Waals surface area (Å²) in [5, 5.41) is 0.720. The van der Waals surface area contributed by atoms with Gasteiger partial charge in [-0.05, 0) is 85.8 Å². The van der Waals surface area contributed by atoms with Crippen molar-refractivity contribution in [1.82, 2.24) is 14.8 Å². The van der Waals surface area contributed by atoms with Gasteiger partial charge >= 0.3 is 0 Å². The van der Waals surface area contributed by atoms with E-state index in [9.17, 15) is 4.79 Å². The van der Waals surface area contributed by atoms with Crippen molar-refractivity contribution in [3.8, 4) is 28.7 Å². The quantitative estimate of drug-likeness (QED) is 0.408. The molecule has 1 aromatic heterocycles. The molecule has 1 saturated heterocycles. The van der Waals surface area contributed by atoms with Crippen LogP contribution in [0, 0.1) is 17.8 Å². The molecule has 0 saturated carbocycles. The van der Waals surface area contributed by atoms with E-state index in [-0.39, 0.29) is 5.91 Å². The number of ether oxygens (including phenoxy) is 1. The zero-order valence-electron chi connectivity index (χ0n) is 20.9. The van der Waals surface area contributed by atoms with E-state index in [1.165, 1.54) is 0 Å². The number of hydrogen-bond donors (Lipinski definition) is 0. The van der Waals surface area contributed by atoms with Gasteiger partial charge in [-0.1, -0.05) is 35.7 Å². The Kier molecular flexibility index (Phi) is 9.00. The average molecular weight is 502 g/mol. The van der Waals surface area contributed by atoms with Gasteiger partial charge in [-0.3, -0.25) is 9.69 Å². The third-order valence-corrected chi connectivity index (χ3v) is 6.84. The standard InChI is InChI=1S/C30H32ClN3O2/c1-23(35)33(2)22-25-15-17-34(18-16-25)19-20-36-30-13-4-24(5-14-30)3-11-29-12-8-27(21-32-29)26-6-9-28(31)10-7-26/h4-10,12-14,21,25H,15-20,22H2,1-2H3. The summed E-state index contributed by atoms with van der Waals surface area (Å²) in [6.07, 6.45) is 4.09. The fourth-order valence-corrected chi connectivity index (χ4v) is 4.38. The van der Waals surface area contributed by atoms with Crippen molar-refractivity contribution in [1.29, 1.82) is 0 Å². The number of piperidine rings is 1. The number of halogens is 1. The van der Waals surface area contributed by atoms with Crippen LogP contribution in [-0.2, 0) is 4.79 Å². The number of carbonyl (C=O) groups excluding carboxylic acids is 1. The van der Waals surface area contributed by atoms with Crippen molar-refractivity contribution < 1.29 is 9.53 Å². The Hall–Kier alpha value is -3.33. The Balaban J connectivity index is 1.20. The summed E-state index contributed by atoms with van der Waals surface area (Å²) >= 11 is 5.96. The highest BCUT2D eigenvalue weighted by molar-refractivity contribution is 6.30. The van der Waals surface area contributed by atoms with Gasteiger partial charge < -0.3 is 9.64 Å². The van der Waals surface area contributed by atoms with Crippen LogP contribution < -0.4 is 4.74 Å². The fraction of sp³-hybridized carbons (Fsp3) is 0.333. The largest absolute Gasteiger partial charge is 0.492 e. The Labute approximate surface area is 219 Å². The molecule has 0 spiro atoms. The lowest BCUT2D eigenvalue weighted by Gasteiger charge is -2.33. The molecule has 0 bridgehead atoms. The summed E-state index contributed by atoms with van der Waals surface area (Å²) in [6.45, 7) is 6.18. The lowest BCUT2D eigenvalue weighted by atomic mass is 9.96. The van der Waals surface area contributed by atoms with Gasteiger partial charge in [0.2, 0.25) is 5.91 Å². The zero-order chi connectivity index (χ0) is 25.3. The minimum absolute atomic E-state index is 0.142. The Bertz CT molecular complexity index is 1190. The van der Waals surface area contributed by atoms with Crippen LogP contribution in [0.3, 0.4) is 0 Å². The van der Waals surface area contributed by atoms with E-state index >= 15 is 0 Å². The molecule has 0 radical (unpaired) electrons. The molecule has 36 heavy (non-hydrogen) atoms. The topological polar surface area (TPSA) is 45.7 Å². The number of carbonyl (C=O) groups is 1. The predicted octanol–water partition coefficient (Wildman–Crippen LogP) is 5.37. The molecule has 1 aliphatic heterocycles. The first kappa shape index (κ1) is 25.8. The molecular formula is C30H32ClN3O2. The number of rotatable bonds is 7. The maximum atomic E-state index is 11.4. The first-order valence-electron chi connectivity index (χ1n) is 12.4. The molecular weight excluding hydrogens is 470 g/mol. The van der Waals surface area contributed by atoms with Gasteiger partial charge in [0.1, 0.15) is 18.1 Å². The van der Waals surface area contributed by atoms with Gasteiger partial charge in [-0.25, -0.2) is 4.98 Å². The Morgan fingerprint density at radius 2 is 1.72 bits per heavy atom. The van der Waals surface area contributed by atoms with Crippen molar-refractivity contribution >= 4 is 17.5 Å². The molecule has 6 heteroatoms. The number of pyridine rings is 1. The molecule has 4 rings (SSSR count). The molecule has 0 N–H and O–H groups in total. The van der Waals surface area contributed by atoms with Gasteiger partial charge in [-0.2, -0.15) is 0 Å². The molecule has 5 nitrogen and oxygen atoms in total. The van der Waals surface area contributed by atoms with Crippen LogP contribution in [0.4, 0.5) is 0 Å². The van der Waals surface area contributed by atoms with Crippen molar-refractivity contribution in [2.75, 3.05) is 39.8 Å². The summed E-state index contributed by atoms with van der Waals surface area (Å²) in [7, 11) is 1.89. The van der Waals surface area contributed by atoms with Crippen molar-refractivity contribution in [2.45, 2.75) is 19.8 Å². The second-order valence-electron chi connectivity index (χ2n) is 9.25. The SMILES string of the molecule is CC(=O)N(C)CC1CCN(CCOc2ccc(C#Cc3ccc(-c4ccc(Cl)cc4)cn3)cc2)CC1. The van der Waals surface area contributed by atoms with Crippen LogP contribution >= 0.6 is 11.6 Å². The van der Waals surface area contributed by atoms with Crippen molar-refractivity contribution in [2.24, 2.45) is 5.92 Å². The van der Waals surface area contributed by atoms with E-state index in [1.807, 2.05) is 78.8 Å². The number of amides is 1. The van der Waals surface area contributed by atoms with E-state index in [0.29, 0.717) is 12.5 Å². The van der Waals surface area contributed by atoms with Gasteiger partial charge in [-0.15, -0.1) is 0 Å². The number of hydrogen-bond acceptors (Lipinski definition) is 4. The summed E-state index contributed by atoms with van der Waals surface area (Å²) in [5.41, 5.74) is 3.75. The number of nitrogens with zero attached hydrogens (tertiary/aromatic N) is 3. The van der Waals surface area contributed by atoms with Gasteiger partial charge in [0, 0.05) is 49.4 Å². The van der Waals surface area contributed by atoms with Crippen LogP contribution in [-0.4, -0.2) is 60.5 Å². The minimum Gasteiger partial charge on any atom is -0.492 e. The minimum atomic E-state index is 0.142. The lowest BCUT2D eigenvalue weighted by molar-refractivity contribution is -0.128. The molecule has 1 fully saturated rings. The summed E-state index contributed by atoms with van der Waals surface area (Å²) < 4.78 is 5.95. The molecule has 1 aliphatic rings. The molecule has 186 valence electrons. The summed E-state index contributed by atoms with van der Waals surface area (Å²) in [6, 6.07) is 19.5. The second kappa shape index (κ2) is 12.6. The van der Waals surface area contributed by atoms with Crippen LogP contribution in [0.5, 0.6) is 5.75 Å². The van der Waals surface area contributed by atoms with Crippen LogP contribution in [0.2, 0.25) is 5.02 Å². The molecule has 2 aromatic carbocycles. The highest BCUT2D eigenvalue weighted by atomic mass is 35.5. The van der Waals surface area contributed by atoms with Crippen LogP contribution in [0.1, 0.15) is 31.0 Å². The third-order valence-electron chi connectivity index (χ3n) is 6.58. The zero-order valence-corrected chi connectivity index (χ0v) is 21.7. The van der Waals surface area contributed by atoms with Crippen molar-refractivity contribution in [3.63, 3.8) is 0 Å². The van der Waals surface area contributed by atoms with E-state index in [1.54, 1.807) is 6.92 Å². The predicted molar refractivity (Wildman–Crippen MR) is 145 cm³/mol. The van der Waals surface area contributed by atoms with E-state index < -0.39 is 0 Å². The van der Waals surface area contributed by atoms with Crippen LogP contribution in [0.15, 0.2) is 66.9 Å². The Morgan fingerprint density at radius 3 is 2.36 bits per heavy atom. The summed E-state index contributed by atoms with van der Waals surface area (Å²) in [4.78, 5) is 20.2. The van der Waals surface area contributed by atoms with Gasteiger partial charge in [0.15, 0.2) is 0 Å². The molecule has 0 unspecified atom stereocenters. The monoisotopic (exact) mass is 501 g/mol. The van der Waals surface area contributed by atoms with E-state index in [0.717, 1.165) is 72.2 Å². The molecule has 3 aromatic rings. The van der Waals surface area contributed by atoms with Crippen LogP contribution in [0.25, 0.3) is 11.1 Å². The Morgan fingerprint density at radius 1 is 1.03 bits per heavy atom. The third kappa shape index (κ3) is 7.58. The van der Waals surface area contributed by atoms with Crippen molar-refractivity contribution in [3.05, 3.63) is 83.1 Å². The molecule has 0 atom stereocenters. The van der Waals surface area contributed by atoms with E-state index in [2.05, 4.69) is 21.7 Å². The first-order chi connectivity index (χ1) is 17.5. The highest BCUT2D eigenvalue weighted by Crippen LogP contribution is 2.21. The number of aromatic nitrogens is 1. The summed E-state index contributed by atoms with van der Waals surface area (Å²) in [5.74, 6) is 7.88. The smallest absolute Gasteiger partial charge is 0.219 e. The lowest BCUT2D eigenvalue weighted by Crippen LogP contribution is -2.40. The average Bonchev–Trinajstić information content (AvgIpc) is 2.90. The number of likely N-dealkylation sites (tertiary alicyclic amines) is 1.